The van der Waals surface area contributed by atoms with Crippen LogP contribution in [0.2, 0.25) is 0 Å². The Hall–Kier alpha value is -0.740. The number of hydrogen-bond acceptors (Lipinski definition) is 4. The maximum absolute atomic E-state index is 11.5. The quantitative estimate of drug-likeness (QED) is 0.779. The molecule has 1 rings (SSSR count). The highest BCUT2D eigenvalue weighted by atomic mass is 32.1. The third-order valence-electron chi connectivity index (χ3n) is 1.92. The van der Waals surface area contributed by atoms with Gasteiger partial charge in [0.1, 0.15) is 5.78 Å². The topological polar surface area (TPSA) is 42.0 Å². The molecule has 0 aliphatic rings. The van der Waals surface area contributed by atoms with Gasteiger partial charge in [0.15, 0.2) is 0 Å². The van der Waals surface area contributed by atoms with Crippen LogP contribution >= 0.6 is 11.3 Å². The summed E-state index contributed by atoms with van der Waals surface area (Å²) in [5.41, 5.74) is 0. The van der Waals surface area contributed by atoms with Crippen molar-refractivity contribution in [2.75, 3.05) is 6.54 Å². The van der Waals surface area contributed by atoms with Gasteiger partial charge in [-0.3, -0.25) is 4.79 Å². The van der Waals surface area contributed by atoms with Crippen LogP contribution in [0.4, 0.5) is 0 Å². The summed E-state index contributed by atoms with van der Waals surface area (Å²) in [5, 5.41) is 6.03. The third kappa shape index (κ3) is 3.98. The van der Waals surface area contributed by atoms with Crippen LogP contribution in [0.1, 0.15) is 25.3 Å². The van der Waals surface area contributed by atoms with Crippen molar-refractivity contribution in [3.05, 3.63) is 16.6 Å². The molecule has 0 spiro atoms. The van der Waals surface area contributed by atoms with Crippen molar-refractivity contribution in [1.29, 1.82) is 0 Å². The van der Waals surface area contributed by atoms with Gasteiger partial charge in [0.2, 0.25) is 0 Å². The third-order valence-corrected chi connectivity index (χ3v) is 2.70. The molecule has 1 aromatic heterocycles. The van der Waals surface area contributed by atoms with Gasteiger partial charge in [0.25, 0.3) is 0 Å². The number of ketones is 1. The van der Waals surface area contributed by atoms with Crippen molar-refractivity contribution >= 4 is 17.1 Å². The van der Waals surface area contributed by atoms with Crippen LogP contribution in [-0.4, -0.2) is 23.4 Å². The lowest BCUT2D eigenvalue weighted by atomic mass is 10.1. The smallest absolute Gasteiger partial charge is 0.141 e. The van der Waals surface area contributed by atoms with Gasteiger partial charge < -0.3 is 5.32 Å². The second-order valence-electron chi connectivity index (χ2n) is 3.30. The molecule has 1 unspecified atom stereocenters. The highest BCUT2D eigenvalue weighted by molar-refractivity contribution is 7.09. The number of rotatable bonds is 6. The molecule has 0 aromatic carbocycles. The summed E-state index contributed by atoms with van der Waals surface area (Å²) < 4.78 is 0. The fourth-order valence-corrected chi connectivity index (χ4v) is 1.99. The largest absolute Gasteiger partial charge is 0.314 e. The van der Waals surface area contributed by atoms with Crippen LogP contribution in [0.15, 0.2) is 11.6 Å². The molecule has 1 aromatic rings. The van der Waals surface area contributed by atoms with Crippen molar-refractivity contribution in [1.82, 2.24) is 10.3 Å². The molecule has 0 bridgehead atoms. The highest BCUT2D eigenvalue weighted by Gasteiger charge is 2.09. The predicted octanol–water partition coefficient (Wildman–Crippen LogP) is 1.64. The first-order valence-corrected chi connectivity index (χ1v) is 5.73. The summed E-state index contributed by atoms with van der Waals surface area (Å²) in [4.78, 5) is 15.6. The van der Waals surface area contributed by atoms with Crippen molar-refractivity contribution in [2.24, 2.45) is 0 Å². The SMILES string of the molecule is CCNC(C)CC(=O)Cc1nccs1. The molecule has 1 heterocycles. The lowest BCUT2D eigenvalue weighted by Crippen LogP contribution is -2.28. The fourth-order valence-electron chi connectivity index (χ4n) is 1.34. The van der Waals surface area contributed by atoms with Crippen LogP contribution in [0.3, 0.4) is 0 Å². The van der Waals surface area contributed by atoms with Gasteiger partial charge in [0, 0.05) is 24.0 Å². The van der Waals surface area contributed by atoms with E-state index in [1.807, 2.05) is 19.2 Å². The van der Waals surface area contributed by atoms with Crippen LogP contribution < -0.4 is 5.32 Å². The number of thiazole rings is 1. The maximum atomic E-state index is 11.5. The molecular weight excluding hydrogens is 196 g/mol. The monoisotopic (exact) mass is 212 g/mol. The Labute approximate surface area is 88.6 Å². The van der Waals surface area contributed by atoms with Crippen molar-refractivity contribution in [3.8, 4) is 0 Å². The molecule has 0 saturated heterocycles. The fraction of sp³-hybridized carbons (Fsp3) is 0.600. The summed E-state index contributed by atoms with van der Waals surface area (Å²) in [6, 6.07) is 0.271. The van der Waals surface area contributed by atoms with Gasteiger partial charge in [-0.1, -0.05) is 6.92 Å². The lowest BCUT2D eigenvalue weighted by molar-refractivity contribution is -0.118. The van der Waals surface area contributed by atoms with E-state index >= 15 is 0 Å². The van der Waals surface area contributed by atoms with Gasteiger partial charge in [-0.05, 0) is 13.5 Å². The van der Waals surface area contributed by atoms with E-state index < -0.39 is 0 Å². The molecule has 78 valence electrons. The molecule has 0 saturated carbocycles. The Morgan fingerprint density at radius 2 is 2.50 bits per heavy atom. The highest BCUT2D eigenvalue weighted by Crippen LogP contribution is 2.07. The van der Waals surface area contributed by atoms with E-state index in [1.54, 1.807) is 6.20 Å². The maximum Gasteiger partial charge on any atom is 0.141 e. The minimum absolute atomic E-state index is 0.258. The molecule has 0 aliphatic carbocycles. The van der Waals surface area contributed by atoms with Crippen LogP contribution in [0, 0.1) is 0 Å². The van der Waals surface area contributed by atoms with Gasteiger partial charge in [-0.15, -0.1) is 11.3 Å². The molecule has 14 heavy (non-hydrogen) atoms. The summed E-state index contributed by atoms with van der Waals surface area (Å²) in [7, 11) is 0. The minimum Gasteiger partial charge on any atom is -0.314 e. The zero-order valence-electron chi connectivity index (χ0n) is 8.62. The number of nitrogens with one attached hydrogen (secondary N) is 1. The molecule has 0 amide bonds. The Bertz CT molecular complexity index is 272. The van der Waals surface area contributed by atoms with Crippen molar-refractivity contribution < 1.29 is 4.79 Å². The summed E-state index contributed by atoms with van der Waals surface area (Å²) in [6.45, 7) is 4.98. The van der Waals surface area contributed by atoms with E-state index in [2.05, 4.69) is 10.3 Å². The summed E-state index contributed by atoms with van der Waals surface area (Å²) in [6.07, 6.45) is 2.81. The van der Waals surface area contributed by atoms with E-state index in [0.29, 0.717) is 12.8 Å². The normalized spacial score (nSPS) is 12.7. The number of Topliss-reactive ketones (excluding diaryl/α,β-unsaturated/α-hetero) is 1. The zero-order chi connectivity index (χ0) is 10.4. The second kappa shape index (κ2) is 5.88. The minimum atomic E-state index is 0.258. The Kier molecular flexibility index (Phi) is 4.76. The van der Waals surface area contributed by atoms with Crippen molar-refractivity contribution in [3.63, 3.8) is 0 Å². The van der Waals surface area contributed by atoms with E-state index in [-0.39, 0.29) is 11.8 Å². The number of nitrogens with zero attached hydrogens (tertiary/aromatic N) is 1. The van der Waals surface area contributed by atoms with Crippen molar-refractivity contribution in [2.45, 2.75) is 32.7 Å². The predicted molar refractivity (Wildman–Crippen MR) is 58.6 cm³/mol. The lowest BCUT2D eigenvalue weighted by Gasteiger charge is -2.09. The number of hydrogen-bond donors (Lipinski definition) is 1. The number of carbonyl (C=O) groups excluding carboxylic acids is 1. The van der Waals surface area contributed by atoms with E-state index in [1.165, 1.54) is 11.3 Å². The van der Waals surface area contributed by atoms with Crippen LogP contribution in [-0.2, 0) is 11.2 Å². The standard InChI is InChI=1S/C10H16N2OS/c1-3-11-8(2)6-9(13)7-10-12-4-5-14-10/h4-5,8,11H,3,6-7H2,1-2H3. The van der Waals surface area contributed by atoms with Crippen LogP contribution in [0.25, 0.3) is 0 Å². The van der Waals surface area contributed by atoms with Crippen LogP contribution in [0.5, 0.6) is 0 Å². The molecule has 0 radical (unpaired) electrons. The van der Waals surface area contributed by atoms with Gasteiger partial charge in [0.05, 0.1) is 11.4 Å². The molecule has 1 atom stereocenters. The summed E-state index contributed by atoms with van der Waals surface area (Å²) in [5.74, 6) is 0.258. The van der Waals surface area contributed by atoms with E-state index in [9.17, 15) is 4.79 Å². The Morgan fingerprint density at radius 3 is 3.07 bits per heavy atom. The van der Waals surface area contributed by atoms with E-state index in [0.717, 1.165) is 11.6 Å². The molecule has 3 nitrogen and oxygen atoms in total. The number of aromatic nitrogens is 1. The first-order valence-electron chi connectivity index (χ1n) is 4.85. The van der Waals surface area contributed by atoms with Gasteiger partial charge in [-0.25, -0.2) is 4.98 Å². The Balaban J connectivity index is 2.29. The first-order chi connectivity index (χ1) is 6.72. The average Bonchev–Trinajstić information content (AvgIpc) is 2.56. The number of carbonyl (C=O) groups is 1. The van der Waals surface area contributed by atoms with E-state index in [4.69, 9.17) is 0 Å². The molecule has 0 aliphatic heterocycles. The molecular formula is C10H16N2OS. The average molecular weight is 212 g/mol. The molecule has 1 N–H and O–H groups in total. The van der Waals surface area contributed by atoms with Gasteiger partial charge in [-0.2, -0.15) is 0 Å². The zero-order valence-corrected chi connectivity index (χ0v) is 9.43. The molecule has 4 heteroatoms. The van der Waals surface area contributed by atoms with Gasteiger partial charge >= 0.3 is 0 Å². The Morgan fingerprint density at radius 1 is 1.71 bits per heavy atom. The molecule has 0 fully saturated rings. The summed E-state index contributed by atoms with van der Waals surface area (Å²) >= 11 is 1.54. The second-order valence-corrected chi connectivity index (χ2v) is 4.28. The first kappa shape index (κ1) is 11.3.